The lowest BCUT2D eigenvalue weighted by molar-refractivity contribution is 0.576. The molecule has 1 N–H and O–H groups in total. The lowest BCUT2D eigenvalue weighted by Crippen LogP contribution is -2.23. The summed E-state index contributed by atoms with van der Waals surface area (Å²) in [5, 5.41) is 3.55. The average molecular weight is 253 g/mol. The summed E-state index contributed by atoms with van der Waals surface area (Å²) in [5.41, 5.74) is 2.84. The molecule has 1 heteroatoms. The minimum atomic E-state index is 0.551. The predicted molar refractivity (Wildman–Crippen MR) is 82.5 cm³/mol. The average Bonchev–Trinajstić information content (AvgIpc) is 2.48. The van der Waals surface area contributed by atoms with Crippen molar-refractivity contribution in [2.24, 2.45) is 0 Å². The summed E-state index contributed by atoms with van der Waals surface area (Å²) in [6.45, 7) is 4.35. The molecule has 0 saturated heterocycles. The van der Waals surface area contributed by atoms with Crippen molar-refractivity contribution in [1.29, 1.82) is 0 Å². The molecule has 0 radical (unpaired) electrons. The molecule has 2 rings (SSSR count). The standard InChI is InChI=1S/C18H23N/c1-2-13-19-15-18(17-11-7-4-8-12-17)14-16-9-5-3-6-10-16/h3-12,18-19H,2,13-15H2,1H3. The van der Waals surface area contributed by atoms with Crippen LogP contribution in [-0.4, -0.2) is 13.1 Å². The first-order valence-corrected chi connectivity index (χ1v) is 7.19. The lowest BCUT2D eigenvalue weighted by atomic mass is 9.92. The quantitative estimate of drug-likeness (QED) is 0.735. The van der Waals surface area contributed by atoms with Crippen LogP contribution in [0.5, 0.6) is 0 Å². The van der Waals surface area contributed by atoms with E-state index in [9.17, 15) is 0 Å². The fraction of sp³-hybridized carbons (Fsp3) is 0.333. The maximum Gasteiger partial charge on any atom is 0.00233 e. The van der Waals surface area contributed by atoms with E-state index >= 15 is 0 Å². The van der Waals surface area contributed by atoms with E-state index in [2.05, 4.69) is 72.9 Å². The van der Waals surface area contributed by atoms with Gasteiger partial charge in [-0.25, -0.2) is 0 Å². The van der Waals surface area contributed by atoms with Gasteiger partial charge in [-0.15, -0.1) is 0 Å². The Morgan fingerprint density at radius 2 is 1.53 bits per heavy atom. The topological polar surface area (TPSA) is 12.0 Å². The van der Waals surface area contributed by atoms with Crippen molar-refractivity contribution in [1.82, 2.24) is 5.32 Å². The summed E-state index contributed by atoms with van der Waals surface area (Å²) in [6.07, 6.45) is 2.29. The highest BCUT2D eigenvalue weighted by Crippen LogP contribution is 2.20. The van der Waals surface area contributed by atoms with Crippen molar-refractivity contribution < 1.29 is 0 Å². The second-order valence-electron chi connectivity index (χ2n) is 5.00. The summed E-state index contributed by atoms with van der Waals surface area (Å²) in [5.74, 6) is 0.551. The summed E-state index contributed by atoms with van der Waals surface area (Å²) in [7, 11) is 0. The molecule has 1 nitrogen and oxygen atoms in total. The first-order valence-electron chi connectivity index (χ1n) is 7.19. The van der Waals surface area contributed by atoms with Crippen molar-refractivity contribution in [2.75, 3.05) is 13.1 Å². The van der Waals surface area contributed by atoms with Crippen molar-refractivity contribution in [3.8, 4) is 0 Å². The van der Waals surface area contributed by atoms with Crippen LogP contribution in [0.15, 0.2) is 60.7 Å². The molecule has 0 saturated carbocycles. The molecule has 19 heavy (non-hydrogen) atoms. The van der Waals surface area contributed by atoms with Crippen molar-refractivity contribution in [3.05, 3.63) is 71.8 Å². The van der Waals surface area contributed by atoms with Crippen LogP contribution in [0, 0.1) is 0 Å². The van der Waals surface area contributed by atoms with Gasteiger partial charge in [0.1, 0.15) is 0 Å². The summed E-state index contributed by atoms with van der Waals surface area (Å²) >= 11 is 0. The fourth-order valence-electron chi connectivity index (χ4n) is 2.38. The smallest absolute Gasteiger partial charge is 0.00233 e. The highest BCUT2D eigenvalue weighted by atomic mass is 14.8. The number of hydrogen-bond donors (Lipinski definition) is 1. The fourth-order valence-corrected chi connectivity index (χ4v) is 2.38. The Kier molecular flexibility index (Phi) is 5.64. The van der Waals surface area contributed by atoms with E-state index in [1.165, 1.54) is 17.5 Å². The Morgan fingerprint density at radius 1 is 0.895 bits per heavy atom. The Balaban J connectivity index is 2.06. The second-order valence-corrected chi connectivity index (χ2v) is 5.00. The molecule has 0 aliphatic heterocycles. The maximum absolute atomic E-state index is 3.55. The van der Waals surface area contributed by atoms with Crippen LogP contribution < -0.4 is 5.32 Å². The van der Waals surface area contributed by atoms with Gasteiger partial charge in [-0.1, -0.05) is 67.6 Å². The molecule has 0 heterocycles. The van der Waals surface area contributed by atoms with Gasteiger partial charge >= 0.3 is 0 Å². The van der Waals surface area contributed by atoms with E-state index in [1.807, 2.05) is 0 Å². The van der Waals surface area contributed by atoms with Crippen LogP contribution >= 0.6 is 0 Å². The third-order valence-electron chi connectivity index (χ3n) is 3.41. The number of hydrogen-bond acceptors (Lipinski definition) is 1. The molecule has 0 fully saturated rings. The zero-order valence-electron chi connectivity index (χ0n) is 11.7. The Hall–Kier alpha value is -1.60. The Labute approximate surface area is 116 Å². The third-order valence-corrected chi connectivity index (χ3v) is 3.41. The molecule has 1 unspecified atom stereocenters. The van der Waals surface area contributed by atoms with Gasteiger partial charge in [-0.3, -0.25) is 0 Å². The van der Waals surface area contributed by atoms with Crippen LogP contribution in [-0.2, 0) is 6.42 Å². The van der Waals surface area contributed by atoms with Crippen molar-refractivity contribution in [3.63, 3.8) is 0 Å². The SMILES string of the molecule is CCCNCC(Cc1ccccc1)c1ccccc1. The van der Waals surface area contributed by atoms with Gasteiger partial charge in [0.15, 0.2) is 0 Å². The van der Waals surface area contributed by atoms with Gasteiger partial charge in [0.2, 0.25) is 0 Å². The molecular weight excluding hydrogens is 230 g/mol. The molecule has 0 aliphatic carbocycles. The third kappa shape index (κ3) is 4.53. The van der Waals surface area contributed by atoms with E-state index in [0.717, 1.165) is 19.5 Å². The summed E-state index contributed by atoms with van der Waals surface area (Å²) < 4.78 is 0. The highest BCUT2D eigenvalue weighted by molar-refractivity contribution is 5.24. The van der Waals surface area contributed by atoms with Crippen LogP contribution in [0.4, 0.5) is 0 Å². The van der Waals surface area contributed by atoms with Crippen molar-refractivity contribution >= 4 is 0 Å². The van der Waals surface area contributed by atoms with Crippen LogP contribution in [0.25, 0.3) is 0 Å². The summed E-state index contributed by atoms with van der Waals surface area (Å²) in [6, 6.07) is 21.6. The zero-order chi connectivity index (χ0) is 13.3. The Bertz CT molecular complexity index is 450. The van der Waals surface area contributed by atoms with Crippen LogP contribution in [0.3, 0.4) is 0 Å². The lowest BCUT2D eigenvalue weighted by Gasteiger charge is -2.18. The number of nitrogens with one attached hydrogen (secondary N) is 1. The molecular formula is C18H23N. The molecule has 100 valence electrons. The van der Waals surface area contributed by atoms with E-state index in [-0.39, 0.29) is 0 Å². The highest BCUT2D eigenvalue weighted by Gasteiger charge is 2.11. The largest absolute Gasteiger partial charge is 0.316 e. The first-order chi connectivity index (χ1) is 9.40. The Morgan fingerprint density at radius 3 is 2.16 bits per heavy atom. The summed E-state index contributed by atoms with van der Waals surface area (Å²) in [4.78, 5) is 0. The van der Waals surface area contributed by atoms with Gasteiger partial charge in [0.25, 0.3) is 0 Å². The van der Waals surface area contributed by atoms with E-state index in [0.29, 0.717) is 5.92 Å². The molecule has 0 bridgehead atoms. The van der Waals surface area contributed by atoms with E-state index in [4.69, 9.17) is 0 Å². The molecule has 0 aliphatic rings. The first kappa shape index (κ1) is 13.8. The molecule has 0 amide bonds. The minimum absolute atomic E-state index is 0.551. The second kappa shape index (κ2) is 7.75. The number of benzene rings is 2. The molecule has 2 aromatic carbocycles. The van der Waals surface area contributed by atoms with E-state index < -0.39 is 0 Å². The monoisotopic (exact) mass is 253 g/mol. The molecule has 1 atom stereocenters. The van der Waals surface area contributed by atoms with Gasteiger partial charge in [0, 0.05) is 12.5 Å². The molecule has 0 spiro atoms. The predicted octanol–water partition coefficient (Wildman–Crippen LogP) is 4.01. The molecule has 2 aromatic rings. The normalized spacial score (nSPS) is 12.3. The minimum Gasteiger partial charge on any atom is -0.316 e. The van der Waals surface area contributed by atoms with Crippen LogP contribution in [0.2, 0.25) is 0 Å². The van der Waals surface area contributed by atoms with Gasteiger partial charge in [0.05, 0.1) is 0 Å². The van der Waals surface area contributed by atoms with Gasteiger partial charge in [-0.2, -0.15) is 0 Å². The van der Waals surface area contributed by atoms with Gasteiger partial charge < -0.3 is 5.32 Å². The maximum atomic E-state index is 3.55. The molecule has 0 aromatic heterocycles. The van der Waals surface area contributed by atoms with Crippen LogP contribution in [0.1, 0.15) is 30.4 Å². The van der Waals surface area contributed by atoms with E-state index in [1.54, 1.807) is 0 Å². The van der Waals surface area contributed by atoms with Gasteiger partial charge in [-0.05, 0) is 30.5 Å². The zero-order valence-corrected chi connectivity index (χ0v) is 11.7. The van der Waals surface area contributed by atoms with Crippen molar-refractivity contribution in [2.45, 2.75) is 25.7 Å². The number of rotatable bonds is 7.